The second-order valence-electron chi connectivity index (χ2n) is 3.64. The van der Waals surface area contributed by atoms with Crippen molar-refractivity contribution in [3.05, 3.63) is 22.7 Å². The lowest BCUT2D eigenvalue weighted by molar-refractivity contribution is -0.127. The van der Waals surface area contributed by atoms with Crippen molar-refractivity contribution in [3.8, 4) is 0 Å². The summed E-state index contributed by atoms with van der Waals surface area (Å²) in [6.45, 7) is 1.25. The maximum atomic E-state index is 13.4. The highest BCUT2D eigenvalue weighted by Gasteiger charge is 2.49. The van der Waals surface area contributed by atoms with Crippen LogP contribution in [0.15, 0.2) is 6.20 Å². The summed E-state index contributed by atoms with van der Waals surface area (Å²) in [5.41, 5.74) is -1.17. The molecule has 0 aliphatic carbocycles. The molecular formula is C9H8ClF3N2O. The van der Waals surface area contributed by atoms with Gasteiger partial charge in [0.05, 0.1) is 12.3 Å². The molecule has 0 spiro atoms. The van der Waals surface area contributed by atoms with Gasteiger partial charge in [-0.15, -0.1) is 0 Å². The lowest BCUT2D eigenvalue weighted by atomic mass is 9.95. The molecule has 0 fully saturated rings. The van der Waals surface area contributed by atoms with Crippen LogP contribution >= 0.6 is 11.6 Å². The Morgan fingerprint density at radius 1 is 1.50 bits per heavy atom. The van der Waals surface area contributed by atoms with Crippen LogP contribution in [0, 0.1) is 0 Å². The quantitative estimate of drug-likeness (QED) is 0.759. The van der Waals surface area contributed by atoms with E-state index in [1.807, 2.05) is 0 Å². The van der Waals surface area contributed by atoms with E-state index in [1.165, 1.54) is 13.1 Å². The Bertz CT molecular complexity index is 418. The second-order valence-corrected chi connectivity index (χ2v) is 3.98. The van der Waals surface area contributed by atoms with Gasteiger partial charge in [0.1, 0.15) is 5.60 Å². The zero-order chi connectivity index (χ0) is 11.9. The summed E-state index contributed by atoms with van der Waals surface area (Å²) in [6, 6.07) is 0. The Kier molecular flexibility index (Phi) is 2.79. The van der Waals surface area contributed by atoms with Crippen LogP contribution in [0.1, 0.15) is 18.2 Å². The summed E-state index contributed by atoms with van der Waals surface area (Å²) in [5.74, 6) is 0. The molecular weight excluding hydrogens is 245 g/mol. The summed E-state index contributed by atoms with van der Waals surface area (Å²) in [7, 11) is 0. The minimum Gasteiger partial charge on any atom is -0.361 e. The Labute approximate surface area is 94.6 Å². The van der Waals surface area contributed by atoms with Crippen molar-refractivity contribution in [2.45, 2.75) is 31.7 Å². The van der Waals surface area contributed by atoms with Crippen molar-refractivity contribution in [2.24, 2.45) is 0 Å². The third kappa shape index (κ3) is 1.66. The minimum atomic E-state index is -3.13. The van der Waals surface area contributed by atoms with Gasteiger partial charge >= 0.3 is 0 Å². The number of hydrogen-bond acceptors (Lipinski definition) is 3. The maximum Gasteiger partial charge on any atom is 0.272 e. The molecule has 1 aliphatic heterocycles. The van der Waals surface area contributed by atoms with Gasteiger partial charge in [-0.1, -0.05) is 0 Å². The molecule has 0 saturated heterocycles. The van der Waals surface area contributed by atoms with E-state index in [1.54, 1.807) is 0 Å². The van der Waals surface area contributed by atoms with Gasteiger partial charge in [-0.05, 0) is 18.5 Å². The zero-order valence-corrected chi connectivity index (χ0v) is 9.01. The highest BCUT2D eigenvalue weighted by atomic mass is 35.5. The Morgan fingerprint density at radius 3 is 2.81 bits per heavy atom. The number of fused-ring (bicyclic) bond motifs is 1. The monoisotopic (exact) mass is 252 g/mol. The van der Waals surface area contributed by atoms with E-state index in [9.17, 15) is 13.2 Å². The van der Waals surface area contributed by atoms with Crippen molar-refractivity contribution < 1.29 is 17.9 Å². The molecule has 0 N–H and O–H groups in total. The lowest BCUT2D eigenvalue weighted by Crippen LogP contribution is -2.38. The Morgan fingerprint density at radius 2 is 2.19 bits per heavy atom. The van der Waals surface area contributed by atoms with E-state index >= 15 is 0 Å². The number of halogens is 4. The van der Waals surface area contributed by atoms with Crippen LogP contribution < -0.4 is 0 Å². The molecule has 0 aromatic carbocycles. The standard InChI is InChI=1S/C9H8ClF3N2O/c1-9(5(11)7(12)13)6-4(3-16-9)2-14-8(10)15-6/h2,5,7H,3H2,1H3. The fourth-order valence-corrected chi connectivity index (χ4v) is 1.80. The van der Waals surface area contributed by atoms with Crippen molar-refractivity contribution in [3.63, 3.8) is 0 Å². The number of alkyl halides is 3. The predicted octanol–water partition coefficient (Wildman–Crippen LogP) is 2.48. The van der Waals surface area contributed by atoms with Crippen molar-refractivity contribution in [1.82, 2.24) is 9.97 Å². The summed E-state index contributed by atoms with van der Waals surface area (Å²) in [5, 5.41) is -0.114. The van der Waals surface area contributed by atoms with Crippen LogP contribution in [-0.4, -0.2) is 22.6 Å². The minimum absolute atomic E-state index is 0.0101. The molecule has 1 aliphatic rings. The maximum absolute atomic E-state index is 13.4. The number of ether oxygens (including phenoxy) is 1. The van der Waals surface area contributed by atoms with Crippen LogP contribution in [0.25, 0.3) is 0 Å². The van der Waals surface area contributed by atoms with E-state index in [2.05, 4.69) is 9.97 Å². The summed E-state index contributed by atoms with van der Waals surface area (Å²) < 4.78 is 43.3. The molecule has 1 aromatic rings. The van der Waals surface area contributed by atoms with Gasteiger partial charge in [-0.25, -0.2) is 23.1 Å². The number of rotatable bonds is 2. The molecule has 2 rings (SSSR count). The van der Waals surface area contributed by atoms with Crippen LogP contribution in [0.5, 0.6) is 0 Å². The molecule has 7 heteroatoms. The first kappa shape index (κ1) is 11.6. The van der Waals surface area contributed by atoms with Crippen LogP contribution in [-0.2, 0) is 16.9 Å². The fourth-order valence-electron chi connectivity index (χ4n) is 1.67. The van der Waals surface area contributed by atoms with E-state index in [0.29, 0.717) is 5.56 Å². The van der Waals surface area contributed by atoms with Gasteiger partial charge in [-0.3, -0.25) is 0 Å². The molecule has 0 bridgehead atoms. The predicted molar refractivity (Wildman–Crippen MR) is 50.1 cm³/mol. The fraction of sp³-hybridized carbons (Fsp3) is 0.556. The molecule has 3 nitrogen and oxygen atoms in total. The van der Waals surface area contributed by atoms with Gasteiger partial charge in [0.2, 0.25) is 5.28 Å². The molecule has 1 aromatic heterocycles. The largest absolute Gasteiger partial charge is 0.361 e. The molecule has 0 saturated carbocycles. The third-order valence-corrected chi connectivity index (χ3v) is 2.76. The van der Waals surface area contributed by atoms with Crippen molar-refractivity contribution in [2.75, 3.05) is 0 Å². The number of nitrogens with zero attached hydrogens (tertiary/aromatic N) is 2. The first-order chi connectivity index (χ1) is 7.45. The van der Waals surface area contributed by atoms with Crippen LogP contribution in [0.2, 0.25) is 5.28 Å². The number of aromatic nitrogens is 2. The summed E-state index contributed by atoms with van der Waals surface area (Å²) in [6.07, 6.45) is -4.22. The van der Waals surface area contributed by atoms with Gasteiger partial charge in [0.15, 0.2) is 6.17 Å². The molecule has 2 atom stereocenters. The van der Waals surface area contributed by atoms with Gasteiger partial charge in [0.25, 0.3) is 6.43 Å². The summed E-state index contributed by atoms with van der Waals surface area (Å²) >= 11 is 5.55. The molecule has 2 heterocycles. The van der Waals surface area contributed by atoms with E-state index in [-0.39, 0.29) is 17.6 Å². The number of hydrogen-bond donors (Lipinski definition) is 0. The first-order valence-electron chi connectivity index (χ1n) is 4.53. The van der Waals surface area contributed by atoms with E-state index in [4.69, 9.17) is 16.3 Å². The highest BCUT2D eigenvalue weighted by molar-refractivity contribution is 6.28. The van der Waals surface area contributed by atoms with Gasteiger partial charge in [-0.2, -0.15) is 0 Å². The molecule has 88 valence electrons. The zero-order valence-electron chi connectivity index (χ0n) is 8.25. The van der Waals surface area contributed by atoms with Gasteiger partial charge < -0.3 is 4.74 Å². The normalized spacial score (nSPS) is 25.9. The molecule has 0 radical (unpaired) electrons. The average molecular weight is 253 g/mol. The second kappa shape index (κ2) is 3.85. The topological polar surface area (TPSA) is 35.0 Å². The smallest absolute Gasteiger partial charge is 0.272 e. The van der Waals surface area contributed by atoms with E-state index < -0.39 is 18.2 Å². The van der Waals surface area contributed by atoms with E-state index in [0.717, 1.165) is 0 Å². The summed E-state index contributed by atoms with van der Waals surface area (Å²) in [4.78, 5) is 7.45. The molecule has 2 unspecified atom stereocenters. The Hall–Kier alpha value is -0.880. The first-order valence-corrected chi connectivity index (χ1v) is 4.91. The molecule has 0 amide bonds. The van der Waals surface area contributed by atoms with Crippen molar-refractivity contribution >= 4 is 11.6 Å². The van der Waals surface area contributed by atoms with Gasteiger partial charge in [0, 0.05) is 11.8 Å². The third-order valence-electron chi connectivity index (χ3n) is 2.58. The highest BCUT2D eigenvalue weighted by Crippen LogP contribution is 2.41. The van der Waals surface area contributed by atoms with Crippen molar-refractivity contribution in [1.29, 1.82) is 0 Å². The van der Waals surface area contributed by atoms with Crippen LogP contribution in [0.4, 0.5) is 13.2 Å². The SMILES string of the molecule is CC1(C(F)C(F)F)OCc2cnc(Cl)nc21. The lowest BCUT2D eigenvalue weighted by Gasteiger charge is -2.26. The molecule has 16 heavy (non-hydrogen) atoms. The van der Waals surface area contributed by atoms with Crippen LogP contribution in [0.3, 0.4) is 0 Å². The Balaban J connectivity index is 2.45. The average Bonchev–Trinajstić information content (AvgIpc) is 2.56.